The van der Waals surface area contributed by atoms with Gasteiger partial charge in [0.05, 0.1) is 13.2 Å². The molecule has 4 atom stereocenters. The van der Waals surface area contributed by atoms with E-state index in [1.165, 1.54) is 24.8 Å². The quantitative estimate of drug-likeness (QED) is 0.926. The largest absolute Gasteiger partial charge is 0.490 e. The summed E-state index contributed by atoms with van der Waals surface area (Å²) in [4.78, 5) is 0. The lowest BCUT2D eigenvalue weighted by Gasteiger charge is -2.12. The summed E-state index contributed by atoms with van der Waals surface area (Å²) in [6.07, 6.45) is 5.48. The Morgan fingerprint density at radius 3 is 2.57 bits per heavy atom. The van der Waals surface area contributed by atoms with Crippen LogP contribution >= 0.6 is 0 Å². The van der Waals surface area contributed by atoms with Crippen LogP contribution in [0.3, 0.4) is 0 Å². The summed E-state index contributed by atoms with van der Waals surface area (Å²) >= 11 is 0. The fraction of sp³-hybridized carbons (Fsp3) is 0.667. The average molecular weight is 285 g/mol. The Hall–Kier alpha value is -1.22. The van der Waals surface area contributed by atoms with E-state index in [4.69, 9.17) is 9.47 Å². The Bertz CT molecular complexity index is 542. The van der Waals surface area contributed by atoms with Crippen LogP contribution in [-0.4, -0.2) is 19.3 Å². The summed E-state index contributed by atoms with van der Waals surface area (Å²) in [5, 5.41) is 3.80. The predicted octanol–water partition coefficient (Wildman–Crippen LogP) is 2.98. The molecular weight excluding hydrogens is 262 g/mol. The Morgan fingerprint density at radius 1 is 1.00 bits per heavy atom. The molecule has 3 nitrogen and oxygen atoms in total. The van der Waals surface area contributed by atoms with Gasteiger partial charge in [-0.1, -0.05) is 6.07 Å². The van der Waals surface area contributed by atoms with Gasteiger partial charge in [-0.05, 0) is 60.6 Å². The third-order valence-electron chi connectivity index (χ3n) is 6.09. The van der Waals surface area contributed by atoms with Gasteiger partial charge in [0.1, 0.15) is 0 Å². The average Bonchev–Trinajstić information content (AvgIpc) is 3.01. The molecule has 0 saturated heterocycles. The Balaban J connectivity index is 1.25. The van der Waals surface area contributed by atoms with Crippen LogP contribution in [-0.2, 0) is 6.54 Å². The molecule has 1 aromatic carbocycles. The highest BCUT2D eigenvalue weighted by Gasteiger charge is 2.64. The first-order valence-electron chi connectivity index (χ1n) is 8.52. The lowest BCUT2D eigenvalue weighted by atomic mass is 10.0. The van der Waals surface area contributed by atoms with Crippen molar-refractivity contribution in [3.8, 4) is 11.5 Å². The molecule has 21 heavy (non-hydrogen) atoms. The highest BCUT2D eigenvalue weighted by atomic mass is 16.5. The molecule has 1 N–H and O–H groups in total. The van der Waals surface area contributed by atoms with E-state index >= 15 is 0 Å². The van der Waals surface area contributed by atoms with Gasteiger partial charge in [0, 0.05) is 19.0 Å². The van der Waals surface area contributed by atoms with E-state index in [2.05, 4.69) is 23.5 Å². The molecule has 1 heterocycles. The van der Waals surface area contributed by atoms with E-state index in [-0.39, 0.29) is 0 Å². The topological polar surface area (TPSA) is 30.5 Å². The monoisotopic (exact) mass is 285 g/mol. The summed E-state index contributed by atoms with van der Waals surface area (Å²) in [5.41, 5.74) is 1.32. The second-order valence-electron chi connectivity index (χ2n) is 7.23. The highest BCUT2D eigenvalue weighted by molar-refractivity contribution is 5.43. The van der Waals surface area contributed by atoms with Gasteiger partial charge in [0.25, 0.3) is 0 Å². The van der Waals surface area contributed by atoms with Gasteiger partial charge in [-0.15, -0.1) is 0 Å². The molecule has 0 spiro atoms. The van der Waals surface area contributed by atoms with Crippen molar-refractivity contribution in [2.75, 3.05) is 13.2 Å². The summed E-state index contributed by atoms with van der Waals surface area (Å²) in [6.45, 7) is 2.49. The maximum absolute atomic E-state index is 5.78. The predicted molar refractivity (Wildman–Crippen MR) is 80.5 cm³/mol. The van der Waals surface area contributed by atoms with Crippen molar-refractivity contribution >= 4 is 0 Å². The number of hydrogen-bond donors (Lipinski definition) is 1. The molecule has 4 aliphatic rings. The van der Waals surface area contributed by atoms with Gasteiger partial charge in [-0.3, -0.25) is 0 Å². The molecule has 2 bridgehead atoms. The normalized spacial score (nSPS) is 39.0. The second-order valence-corrected chi connectivity index (χ2v) is 7.23. The summed E-state index contributed by atoms with van der Waals surface area (Å²) in [6, 6.07) is 7.19. The molecule has 3 heteroatoms. The smallest absolute Gasteiger partial charge is 0.161 e. The maximum atomic E-state index is 5.78. The standard InChI is InChI=1S/C18H23NO2/c1-6-20-14-5-2-11(8-15(14)21-7-1)10-19-18-16-12-3-4-13(9-12)17(16)18/h2,5,8,12-13,16-19H,1,3-4,6-7,9-10H2. The van der Waals surface area contributed by atoms with E-state index in [9.17, 15) is 0 Å². The molecule has 3 fully saturated rings. The second kappa shape index (κ2) is 4.64. The first kappa shape index (κ1) is 12.3. The molecule has 3 saturated carbocycles. The van der Waals surface area contributed by atoms with Crippen molar-refractivity contribution < 1.29 is 9.47 Å². The molecule has 1 aromatic rings. The Morgan fingerprint density at radius 2 is 1.76 bits per heavy atom. The van der Waals surface area contributed by atoms with Crippen molar-refractivity contribution in [3.05, 3.63) is 23.8 Å². The number of fused-ring (bicyclic) bond motifs is 6. The minimum Gasteiger partial charge on any atom is -0.490 e. The third-order valence-corrected chi connectivity index (χ3v) is 6.09. The van der Waals surface area contributed by atoms with E-state index < -0.39 is 0 Å². The zero-order valence-electron chi connectivity index (χ0n) is 12.4. The SMILES string of the molecule is c1cc2c(cc1CNC1C3C4CCC(C4)C13)OCCCO2. The molecule has 4 unspecified atom stereocenters. The molecular formula is C18H23NO2. The first-order valence-corrected chi connectivity index (χ1v) is 8.52. The maximum Gasteiger partial charge on any atom is 0.161 e. The van der Waals surface area contributed by atoms with Crippen LogP contribution in [0.2, 0.25) is 0 Å². The number of rotatable bonds is 3. The van der Waals surface area contributed by atoms with Crippen LogP contribution in [0.4, 0.5) is 0 Å². The van der Waals surface area contributed by atoms with Gasteiger partial charge in [-0.25, -0.2) is 0 Å². The van der Waals surface area contributed by atoms with Crippen LogP contribution < -0.4 is 14.8 Å². The Kier molecular flexibility index (Phi) is 2.72. The number of benzene rings is 1. The fourth-order valence-electron chi connectivity index (χ4n) is 5.15. The molecule has 0 amide bonds. The van der Waals surface area contributed by atoms with Crippen LogP contribution in [0.15, 0.2) is 18.2 Å². The van der Waals surface area contributed by atoms with E-state index in [0.717, 1.165) is 67.4 Å². The van der Waals surface area contributed by atoms with Gasteiger partial charge >= 0.3 is 0 Å². The van der Waals surface area contributed by atoms with Crippen molar-refractivity contribution in [1.82, 2.24) is 5.32 Å². The zero-order chi connectivity index (χ0) is 13.8. The van der Waals surface area contributed by atoms with Crippen LogP contribution in [0.1, 0.15) is 31.2 Å². The third kappa shape index (κ3) is 1.97. The van der Waals surface area contributed by atoms with E-state index in [0.29, 0.717) is 0 Å². The molecule has 1 aliphatic heterocycles. The zero-order valence-corrected chi connectivity index (χ0v) is 12.4. The molecule has 5 rings (SSSR count). The molecule has 0 aromatic heterocycles. The van der Waals surface area contributed by atoms with Crippen LogP contribution in [0, 0.1) is 23.7 Å². The number of nitrogens with one attached hydrogen (secondary N) is 1. The van der Waals surface area contributed by atoms with Crippen molar-refractivity contribution in [1.29, 1.82) is 0 Å². The van der Waals surface area contributed by atoms with Crippen LogP contribution in [0.25, 0.3) is 0 Å². The van der Waals surface area contributed by atoms with Crippen LogP contribution in [0.5, 0.6) is 11.5 Å². The van der Waals surface area contributed by atoms with Gasteiger partial charge in [0.15, 0.2) is 11.5 Å². The van der Waals surface area contributed by atoms with E-state index in [1.54, 1.807) is 0 Å². The van der Waals surface area contributed by atoms with Gasteiger partial charge in [0.2, 0.25) is 0 Å². The highest BCUT2D eigenvalue weighted by Crippen LogP contribution is 2.65. The molecule has 3 aliphatic carbocycles. The number of hydrogen-bond acceptors (Lipinski definition) is 3. The fourth-order valence-corrected chi connectivity index (χ4v) is 5.15. The minimum atomic E-state index is 0.763. The Labute approximate surface area is 126 Å². The van der Waals surface area contributed by atoms with E-state index in [1.807, 2.05) is 0 Å². The summed E-state index contributed by atoms with van der Waals surface area (Å²) in [5.74, 6) is 5.91. The number of ether oxygens (including phenoxy) is 2. The minimum absolute atomic E-state index is 0.763. The van der Waals surface area contributed by atoms with Crippen molar-refractivity contribution in [2.45, 2.75) is 38.3 Å². The van der Waals surface area contributed by atoms with Crippen molar-refractivity contribution in [2.24, 2.45) is 23.7 Å². The lowest BCUT2D eigenvalue weighted by molar-refractivity contribution is 0.297. The summed E-state index contributed by atoms with van der Waals surface area (Å²) < 4.78 is 11.5. The molecule has 112 valence electrons. The molecule has 0 radical (unpaired) electrons. The van der Waals surface area contributed by atoms with Gasteiger partial charge in [-0.2, -0.15) is 0 Å². The lowest BCUT2D eigenvalue weighted by Crippen LogP contribution is -2.22. The summed E-state index contributed by atoms with van der Waals surface area (Å²) in [7, 11) is 0. The van der Waals surface area contributed by atoms with Gasteiger partial charge < -0.3 is 14.8 Å². The first-order chi connectivity index (χ1) is 10.4. The van der Waals surface area contributed by atoms with Crippen molar-refractivity contribution in [3.63, 3.8) is 0 Å².